The average Bonchev–Trinajstić information content (AvgIpc) is 3.28. The Hall–Kier alpha value is -2.38. The Kier molecular flexibility index (Phi) is 5.84. The van der Waals surface area contributed by atoms with Gasteiger partial charge in [0.1, 0.15) is 12.4 Å². The Labute approximate surface area is 179 Å². The highest BCUT2D eigenvalue weighted by Crippen LogP contribution is 2.33. The van der Waals surface area contributed by atoms with Crippen molar-refractivity contribution in [3.05, 3.63) is 48.1 Å². The summed E-state index contributed by atoms with van der Waals surface area (Å²) in [5.74, 6) is 1.30. The first-order valence-electron chi connectivity index (χ1n) is 10.3. The summed E-state index contributed by atoms with van der Waals surface area (Å²) in [4.78, 5) is 16.4. The van der Waals surface area contributed by atoms with Crippen molar-refractivity contribution in [1.29, 1.82) is 0 Å². The molecule has 0 amide bonds. The van der Waals surface area contributed by atoms with E-state index in [1.165, 1.54) is 0 Å². The number of ether oxygens (including phenoxy) is 1. The molecule has 30 heavy (non-hydrogen) atoms. The van der Waals surface area contributed by atoms with Crippen LogP contribution in [0.1, 0.15) is 30.5 Å². The molecule has 0 unspecified atom stereocenters. The molecule has 0 aromatic carbocycles. The van der Waals surface area contributed by atoms with Crippen LogP contribution in [0.5, 0.6) is 0 Å². The highest BCUT2D eigenvalue weighted by atomic mass is 32.3. The number of pyridine rings is 1. The molecule has 4 rings (SSSR count). The van der Waals surface area contributed by atoms with E-state index in [1.807, 2.05) is 40.8 Å². The van der Waals surface area contributed by atoms with Crippen LogP contribution in [0.15, 0.2) is 36.8 Å². The Balaban J connectivity index is 1.59. The van der Waals surface area contributed by atoms with E-state index in [0.29, 0.717) is 13.2 Å². The molecule has 1 aliphatic rings. The summed E-state index contributed by atoms with van der Waals surface area (Å²) in [6, 6.07) is 4.04. The number of hydrogen-bond donors (Lipinski definition) is 0. The van der Waals surface area contributed by atoms with Crippen LogP contribution in [0.3, 0.4) is 0 Å². The molecule has 0 saturated heterocycles. The summed E-state index contributed by atoms with van der Waals surface area (Å²) >= 11 is 0. The van der Waals surface area contributed by atoms with Gasteiger partial charge >= 0.3 is 0 Å². The number of carbonyl (C=O) groups excluding carboxylic acids is 1. The maximum absolute atomic E-state index is 11.9. The summed E-state index contributed by atoms with van der Waals surface area (Å²) in [7, 11) is -0.552. The highest BCUT2D eigenvalue weighted by molar-refractivity contribution is 8.32. The van der Waals surface area contributed by atoms with Gasteiger partial charge in [-0.15, -0.1) is 0 Å². The van der Waals surface area contributed by atoms with Crippen molar-refractivity contribution in [3.63, 3.8) is 0 Å². The Morgan fingerprint density at radius 1 is 1.20 bits per heavy atom. The molecule has 0 saturated carbocycles. The summed E-state index contributed by atoms with van der Waals surface area (Å²) in [6.07, 6.45) is 17.0. The van der Waals surface area contributed by atoms with Crippen molar-refractivity contribution in [1.82, 2.24) is 19.3 Å². The maximum Gasteiger partial charge on any atom is 0.155 e. The zero-order chi connectivity index (χ0) is 21.3. The maximum atomic E-state index is 11.9. The molecule has 1 aliphatic carbocycles. The van der Waals surface area contributed by atoms with Crippen LogP contribution in [0.25, 0.3) is 22.3 Å². The van der Waals surface area contributed by atoms with E-state index in [-0.39, 0.29) is 5.78 Å². The fraction of sp³-hybridized carbons (Fsp3) is 0.435. The van der Waals surface area contributed by atoms with E-state index in [2.05, 4.69) is 29.8 Å². The molecule has 3 aromatic heterocycles. The summed E-state index contributed by atoms with van der Waals surface area (Å²) in [5.41, 5.74) is 4.95. The number of fused-ring (bicyclic) bond motifs is 1. The van der Waals surface area contributed by atoms with Crippen LogP contribution in [-0.2, 0) is 16.3 Å². The average molecular weight is 427 g/mol. The van der Waals surface area contributed by atoms with Crippen LogP contribution in [-0.4, -0.2) is 56.2 Å². The third-order valence-corrected chi connectivity index (χ3v) is 6.80. The fourth-order valence-electron chi connectivity index (χ4n) is 3.75. The lowest BCUT2D eigenvalue weighted by atomic mass is 9.93. The Morgan fingerprint density at radius 3 is 2.80 bits per heavy atom. The van der Waals surface area contributed by atoms with Gasteiger partial charge < -0.3 is 9.30 Å². The summed E-state index contributed by atoms with van der Waals surface area (Å²) < 4.78 is 9.85. The fourth-order valence-corrected chi connectivity index (χ4v) is 4.37. The van der Waals surface area contributed by atoms with Crippen molar-refractivity contribution < 1.29 is 9.53 Å². The van der Waals surface area contributed by atoms with Gasteiger partial charge in [0.25, 0.3) is 0 Å². The van der Waals surface area contributed by atoms with Crippen molar-refractivity contribution in [2.75, 3.05) is 31.1 Å². The van der Waals surface area contributed by atoms with Gasteiger partial charge in [-0.2, -0.15) is 5.10 Å². The number of carbonyl (C=O) groups is 1. The molecule has 0 spiro atoms. The molecule has 6 nitrogen and oxygen atoms in total. The van der Waals surface area contributed by atoms with E-state index < -0.39 is 10.0 Å². The number of aromatic nitrogens is 4. The van der Waals surface area contributed by atoms with Gasteiger partial charge in [-0.1, -0.05) is 0 Å². The van der Waals surface area contributed by atoms with Gasteiger partial charge in [0.2, 0.25) is 0 Å². The van der Waals surface area contributed by atoms with E-state index in [1.54, 1.807) is 6.08 Å². The third-order valence-electron chi connectivity index (χ3n) is 5.41. The SMILES string of the molecule is Cc1nn(-c2ccnc3c2ccn3COCCS(C)(C)C)cc1C1=CC(=O)CCC1. The lowest BCUT2D eigenvalue weighted by Crippen LogP contribution is -2.09. The molecule has 0 bridgehead atoms. The minimum absolute atomic E-state index is 0.208. The van der Waals surface area contributed by atoms with Gasteiger partial charge in [-0.25, -0.2) is 19.7 Å². The number of ketones is 1. The number of rotatable bonds is 7. The molecule has 7 heteroatoms. The quantitative estimate of drug-likeness (QED) is 0.528. The number of hydrogen-bond acceptors (Lipinski definition) is 4. The second kappa shape index (κ2) is 8.40. The predicted octanol–water partition coefficient (Wildman–Crippen LogP) is 4.33. The Morgan fingerprint density at radius 2 is 2.03 bits per heavy atom. The van der Waals surface area contributed by atoms with Crippen molar-refractivity contribution in [2.45, 2.75) is 32.9 Å². The van der Waals surface area contributed by atoms with Crippen molar-refractivity contribution in [3.8, 4) is 5.69 Å². The minimum atomic E-state index is -0.552. The zero-order valence-corrected chi connectivity index (χ0v) is 19.0. The second-order valence-corrected chi connectivity index (χ2v) is 13.3. The normalized spacial score (nSPS) is 15.6. The molecular formula is C23H30N4O2S. The van der Waals surface area contributed by atoms with Crippen LogP contribution in [0.2, 0.25) is 0 Å². The smallest absolute Gasteiger partial charge is 0.155 e. The van der Waals surface area contributed by atoms with Gasteiger partial charge in [-0.05, 0) is 62.3 Å². The number of nitrogens with zero attached hydrogens (tertiary/aromatic N) is 4. The lowest BCUT2D eigenvalue weighted by molar-refractivity contribution is -0.114. The van der Waals surface area contributed by atoms with E-state index in [0.717, 1.165) is 58.8 Å². The molecule has 0 N–H and O–H groups in total. The molecule has 3 aromatic rings. The minimum Gasteiger partial charge on any atom is -0.360 e. The molecule has 0 atom stereocenters. The van der Waals surface area contributed by atoms with Crippen LogP contribution in [0.4, 0.5) is 0 Å². The standard InChI is InChI=1S/C23H30N4O2S/c1-17-21(18-6-5-7-19(28)14-18)15-27(25-17)22-8-10-24-23-20(22)9-11-26(23)16-29-12-13-30(2,3)4/h8-11,14-15H,5-7,12-13,16H2,1-4H3. The second-order valence-electron chi connectivity index (χ2n) is 8.75. The van der Waals surface area contributed by atoms with Gasteiger partial charge in [0, 0.05) is 41.7 Å². The molecule has 0 aliphatic heterocycles. The van der Waals surface area contributed by atoms with Gasteiger partial charge in [0.15, 0.2) is 5.78 Å². The zero-order valence-electron chi connectivity index (χ0n) is 18.2. The first-order valence-corrected chi connectivity index (χ1v) is 13.3. The molecule has 0 radical (unpaired) electrons. The van der Waals surface area contributed by atoms with E-state index in [4.69, 9.17) is 9.84 Å². The van der Waals surface area contributed by atoms with Crippen LogP contribution < -0.4 is 0 Å². The first-order chi connectivity index (χ1) is 14.3. The van der Waals surface area contributed by atoms with Crippen LogP contribution >= 0.6 is 10.0 Å². The molecular weight excluding hydrogens is 396 g/mol. The lowest BCUT2D eigenvalue weighted by Gasteiger charge is -2.24. The Bertz CT molecular complexity index is 1100. The third kappa shape index (κ3) is 4.52. The van der Waals surface area contributed by atoms with Gasteiger partial charge in [0.05, 0.1) is 18.0 Å². The number of allylic oxidation sites excluding steroid dienone is 2. The van der Waals surface area contributed by atoms with E-state index >= 15 is 0 Å². The molecule has 0 fully saturated rings. The van der Waals surface area contributed by atoms with Crippen LogP contribution in [0, 0.1) is 6.92 Å². The summed E-state index contributed by atoms with van der Waals surface area (Å²) in [5, 5.41) is 5.77. The first kappa shape index (κ1) is 20.9. The topological polar surface area (TPSA) is 61.9 Å². The monoisotopic (exact) mass is 426 g/mol. The highest BCUT2D eigenvalue weighted by Gasteiger charge is 2.17. The van der Waals surface area contributed by atoms with Gasteiger partial charge in [-0.3, -0.25) is 4.79 Å². The number of aryl methyl sites for hydroxylation is 1. The predicted molar refractivity (Wildman–Crippen MR) is 125 cm³/mol. The largest absolute Gasteiger partial charge is 0.360 e. The molecule has 160 valence electrons. The van der Waals surface area contributed by atoms with E-state index in [9.17, 15) is 4.79 Å². The summed E-state index contributed by atoms with van der Waals surface area (Å²) in [6.45, 7) is 3.25. The molecule has 3 heterocycles. The van der Waals surface area contributed by atoms with Crippen molar-refractivity contribution >= 4 is 32.4 Å². The van der Waals surface area contributed by atoms with Crippen molar-refractivity contribution in [2.24, 2.45) is 0 Å².